The van der Waals surface area contributed by atoms with Crippen molar-refractivity contribution in [2.75, 3.05) is 85.8 Å². The van der Waals surface area contributed by atoms with Crippen molar-refractivity contribution in [3.8, 4) is 11.1 Å². The van der Waals surface area contributed by atoms with E-state index in [4.69, 9.17) is 33.2 Å². The molecule has 1 amide bonds. The van der Waals surface area contributed by atoms with Gasteiger partial charge in [0.05, 0.1) is 72.5 Å². The lowest BCUT2D eigenvalue weighted by molar-refractivity contribution is -0.144. The number of carbonyl (C=O) groups is 2. The molecular weight excluding hydrogens is 530 g/mol. The summed E-state index contributed by atoms with van der Waals surface area (Å²) < 4.78 is 37.5. The number of esters is 1. The van der Waals surface area contributed by atoms with Crippen LogP contribution in [0.5, 0.6) is 0 Å². The minimum Gasteiger partial charge on any atom is -0.466 e. The van der Waals surface area contributed by atoms with Crippen LogP contribution >= 0.6 is 0 Å². The quantitative estimate of drug-likeness (QED) is 0.165. The van der Waals surface area contributed by atoms with Crippen LogP contribution in [0.25, 0.3) is 11.1 Å². The van der Waals surface area contributed by atoms with Crippen LogP contribution in [0.3, 0.4) is 0 Å². The molecule has 41 heavy (non-hydrogen) atoms. The summed E-state index contributed by atoms with van der Waals surface area (Å²) in [6, 6.07) is 16.5. The van der Waals surface area contributed by atoms with Gasteiger partial charge in [-0.25, -0.2) is 4.79 Å². The van der Waals surface area contributed by atoms with Crippen molar-refractivity contribution >= 4 is 12.1 Å². The average Bonchev–Trinajstić information content (AvgIpc) is 3.31. The molecule has 1 aliphatic carbocycles. The molecule has 2 aromatic carbocycles. The standard InChI is InChI=1S/C31H43NO9/c1-2-40-30(33)12-15-36-17-19-38-21-23-39-22-20-37-18-16-35-14-7-13-32-31(34)41-24-29-27-10-5-3-8-25(27)26-9-4-6-11-28(26)29/h3-6,8-11,29H,2,7,12-24H2,1H3,(H,32,34). The largest absolute Gasteiger partial charge is 0.466 e. The van der Waals surface area contributed by atoms with E-state index in [1.165, 1.54) is 22.3 Å². The van der Waals surface area contributed by atoms with Crippen molar-refractivity contribution in [2.24, 2.45) is 0 Å². The molecule has 0 saturated heterocycles. The number of amides is 1. The Bertz CT molecular complexity index is 987. The molecule has 1 N–H and O–H groups in total. The molecule has 0 fully saturated rings. The van der Waals surface area contributed by atoms with Crippen LogP contribution in [-0.2, 0) is 38.0 Å². The normalized spacial score (nSPS) is 12.1. The van der Waals surface area contributed by atoms with Crippen LogP contribution in [0.15, 0.2) is 48.5 Å². The Morgan fingerprint density at radius 3 is 1.68 bits per heavy atom. The summed E-state index contributed by atoms with van der Waals surface area (Å²) in [5, 5.41) is 2.79. The van der Waals surface area contributed by atoms with Gasteiger partial charge in [-0.1, -0.05) is 48.5 Å². The molecule has 0 atom stereocenters. The predicted molar refractivity (Wildman–Crippen MR) is 153 cm³/mol. The first kappa shape index (κ1) is 32.5. The molecule has 0 bridgehead atoms. The van der Waals surface area contributed by atoms with E-state index in [1.807, 2.05) is 24.3 Å². The monoisotopic (exact) mass is 573 g/mol. The van der Waals surface area contributed by atoms with E-state index < -0.39 is 6.09 Å². The third kappa shape index (κ3) is 12.2. The second-order valence-corrected chi connectivity index (χ2v) is 9.22. The van der Waals surface area contributed by atoms with E-state index in [9.17, 15) is 9.59 Å². The van der Waals surface area contributed by atoms with Crippen molar-refractivity contribution in [1.29, 1.82) is 0 Å². The highest BCUT2D eigenvalue weighted by Gasteiger charge is 2.28. The van der Waals surface area contributed by atoms with Crippen LogP contribution in [0, 0.1) is 0 Å². The van der Waals surface area contributed by atoms with E-state index in [2.05, 4.69) is 29.6 Å². The van der Waals surface area contributed by atoms with Gasteiger partial charge in [0, 0.05) is 19.1 Å². The van der Waals surface area contributed by atoms with Crippen molar-refractivity contribution in [2.45, 2.75) is 25.7 Å². The van der Waals surface area contributed by atoms with Crippen molar-refractivity contribution in [1.82, 2.24) is 5.32 Å². The van der Waals surface area contributed by atoms with E-state index in [0.29, 0.717) is 92.2 Å². The number of carbonyl (C=O) groups excluding carboxylic acids is 2. The summed E-state index contributed by atoms with van der Waals surface area (Å²) in [5.41, 5.74) is 4.81. The Morgan fingerprint density at radius 1 is 0.659 bits per heavy atom. The molecule has 10 nitrogen and oxygen atoms in total. The maximum absolute atomic E-state index is 12.2. The van der Waals surface area contributed by atoms with E-state index in [0.717, 1.165) is 0 Å². The molecule has 10 heteroatoms. The fourth-order valence-electron chi connectivity index (χ4n) is 4.38. The summed E-state index contributed by atoms with van der Waals surface area (Å²) in [6.07, 6.45) is 0.520. The number of nitrogens with one attached hydrogen (secondary N) is 1. The number of ether oxygens (including phenoxy) is 7. The smallest absolute Gasteiger partial charge is 0.407 e. The number of alkyl carbamates (subject to hydrolysis) is 1. The van der Waals surface area contributed by atoms with Gasteiger partial charge >= 0.3 is 12.1 Å². The first-order chi connectivity index (χ1) is 20.2. The fraction of sp³-hybridized carbons (Fsp3) is 0.548. The highest BCUT2D eigenvalue weighted by atomic mass is 16.6. The molecule has 0 saturated carbocycles. The molecule has 0 radical (unpaired) electrons. The lowest BCUT2D eigenvalue weighted by Crippen LogP contribution is -2.27. The molecular formula is C31H43NO9. The van der Waals surface area contributed by atoms with Crippen LogP contribution in [0.2, 0.25) is 0 Å². The zero-order valence-electron chi connectivity index (χ0n) is 24.0. The van der Waals surface area contributed by atoms with Crippen LogP contribution in [-0.4, -0.2) is 97.9 Å². The van der Waals surface area contributed by atoms with Gasteiger partial charge < -0.3 is 38.5 Å². The minimum absolute atomic E-state index is 0.0523. The highest BCUT2D eigenvalue weighted by Crippen LogP contribution is 2.44. The zero-order valence-corrected chi connectivity index (χ0v) is 24.0. The number of fused-ring (bicyclic) bond motifs is 3. The Labute approximate surface area is 242 Å². The number of hydrogen-bond acceptors (Lipinski definition) is 9. The van der Waals surface area contributed by atoms with Gasteiger partial charge in [0.2, 0.25) is 0 Å². The third-order valence-electron chi connectivity index (χ3n) is 6.32. The van der Waals surface area contributed by atoms with Gasteiger partial charge in [-0.2, -0.15) is 0 Å². The topological polar surface area (TPSA) is 111 Å². The zero-order chi connectivity index (χ0) is 29.0. The average molecular weight is 574 g/mol. The summed E-state index contributed by atoms with van der Waals surface area (Å²) in [4.78, 5) is 23.4. The van der Waals surface area contributed by atoms with Crippen LogP contribution in [0.1, 0.15) is 36.8 Å². The van der Waals surface area contributed by atoms with Gasteiger partial charge in [0.15, 0.2) is 0 Å². The molecule has 2 aromatic rings. The Kier molecular flexibility index (Phi) is 15.8. The molecule has 3 rings (SSSR count). The lowest BCUT2D eigenvalue weighted by atomic mass is 9.98. The molecule has 0 heterocycles. The number of benzene rings is 2. The predicted octanol–water partition coefficient (Wildman–Crippen LogP) is 3.95. The molecule has 226 valence electrons. The molecule has 0 aromatic heterocycles. The Balaban J connectivity index is 1.07. The van der Waals surface area contributed by atoms with Crippen molar-refractivity contribution in [3.05, 3.63) is 59.7 Å². The van der Waals surface area contributed by atoms with Gasteiger partial charge in [0.1, 0.15) is 6.61 Å². The third-order valence-corrected chi connectivity index (χ3v) is 6.32. The SMILES string of the molecule is CCOC(=O)CCOCCOCCOCCOCCOCCCNC(=O)OCC1c2ccccc2-c2ccccc21. The first-order valence-electron chi connectivity index (χ1n) is 14.3. The van der Waals surface area contributed by atoms with E-state index in [-0.39, 0.29) is 18.3 Å². The molecule has 1 aliphatic rings. The Hall–Kier alpha value is -3.02. The number of rotatable bonds is 22. The summed E-state index contributed by atoms with van der Waals surface area (Å²) in [7, 11) is 0. The summed E-state index contributed by atoms with van der Waals surface area (Å²) >= 11 is 0. The summed E-state index contributed by atoms with van der Waals surface area (Å²) in [6.45, 7) is 7.50. The van der Waals surface area contributed by atoms with Gasteiger partial charge in [-0.05, 0) is 35.6 Å². The molecule has 0 aliphatic heterocycles. The number of hydrogen-bond donors (Lipinski definition) is 1. The van der Waals surface area contributed by atoms with Crippen molar-refractivity contribution < 1.29 is 42.7 Å². The van der Waals surface area contributed by atoms with Gasteiger partial charge in [-0.15, -0.1) is 0 Å². The minimum atomic E-state index is -0.417. The maximum atomic E-state index is 12.2. The maximum Gasteiger partial charge on any atom is 0.407 e. The van der Waals surface area contributed by atoms with Crippen LogP contribution in [0.4, 0.5) is 4.79 Å². The van der Waals surface area contributed by atoms with Crippen molar-refractivity contribution in [3.63, 3.8) is 0 Å². The summed E-state index contributed by atoms with van der Waals surface area (Å²) in [5.74, 6) is -0.201. The second-order valence-electron chi connectivity index (χ2n) is 9.22. The molecule has 0 spiro atoms. The van der Waals surface area contributed by atoms with Gasteiger partial charge in [0.25, 0.3) is 0 Å². The molecule has 0 unspecified atom stereocenters. The highest BCUT2D eigenvalue weighted by molar-refractivity contribution is 5.79. The van der Waals surface area contributed by atoms with E-state index >= 15 is 0 Å². The Morgan fingerprint density at radius 2 is 1.15 bits per heavy atom. The van der Waals surface area contributed by atoms with Crippen LogP contribution < -0.4 is 5.32 Å². The fourth-order valence-corrected chi connectivity index (χ4v) is 4.38. The van der Waals surface area contributed by atoms with Gasteiger partial charge in [-0.3, -0.25) is 4.79 Å². The lowest BCUT2D eigenvalue weighted by Gasteiger charge is -2.14. The second kappa shape index (κ2) is 20.0. The first-order valence-corrected chi connectivity index (χ1v) is 14.3. The van der Waals surface area contributed by atoms with E-state index in [1.54, 1.807) is 6.92 Å².